The Labute approximate surface area is 213 Å². The van der Waals surface area contributed by atoms with Gasteiger partial charge in [-0.2, -0.15) is 0 Å². The number of carbonyl (C=O) groups excluding carboxylic acids is 2. The molecule has 0 atom stereocenters. The maximum atomic E-state index is 13.0. The van der Waals surface area contributed by atoms with E-state index < -0.39 is 0 Å². The van der Waals surface area contributed by atoms with Crippen LogP contribution in [0.4, 0.5) is 11.4 Å². The fraction of sp³-hybridized carbons (Fsp3) is 0.188. The monoisotopic (exact) mass is 476 g/mol. The first kappa shape index (κ1) is 24.9. The molecule has 0 saturated carbocycles. The molecule has 4 aromatic carbocycles. The van der Waals surface area contributed by atoms with Gasteiger partial charge in [0.15, 0.2) is 0 Å². The van der Waals surface area contributed by atoms with Gasteiger partial charge in [-0.15, -0.1) is 0 Å². The molecule has 0 saturated heterocycles. The average Bonchev–Trinajstić information content (AvgIpc) is 2.88. The molecule has 0 radical (unpaired) electrons. The Morgan fingerprint density at radius 3 is 1.72 bits per heavy atom. The van der Waals surface area contributed by atoms with Crippen molar-refractivity contribution < 1.29 is 9.59 Å². The normalized spacial score (nSPS) is 11.2. The Morgan fingerprint density at radius 2 is 1.19 bits per heavy atom. The summed E-state index contributed by atoms with van der Waals surface area (Å²) in [5.41, 5.74) is 5.25. The van der Waals surface area contributed by atoms with Gasteiger partial charge in [-0.25, -0.2) is 0 Å². The number of hydrogen-bond donors (Lipinski definition) is 2. The van der Waals surface area contributed by atoms with Gasteiger partial charge in [-0.1, -0.05) is 99.6 Å². The molecule has 0 fully saturated rings. The van der Waals surface area contributed by atoms with Crippen molar-refractivity contribution in [3.8, 4) is 0 Å². The van der Waals surface area contributed by atoms with E-state index in [1.165, 1.54) is 5.56 Å². The van der Waals surface area contributed by atoms with Crippen molar-refractivity contribution in [1.82, 2.24) is 0 Å². The quantitative estimate of drug-likeness (QED) is 0.292. The fourth-order valence-electron chi connectivity index (χ4n) is 4.20. The highest BCUT2D eigenvalue weighted by Gasteiger charge is 2.18. The van der Waals surface area contributed by atoms with Gasteiger partial charge in [0.1, 0.15) is 0 Å². The van der Waals surface area contributed by atoms with Crippen molar-refractivity contribution in [1.29, 1.82) is 0 Å². The Hall–Kier alpha value is -4.18. The molecular weight excluding hydrogens is 444 g/mol. The molecule has 0 bridgehead atoms. The van der Waals surface area contributed by atoms with Crippen LogP contribution in [0.15, 0.2) is 109 Å². The zero-order valence-electron chi connectivity index (χ0n) is 21.0. The minimum absolute atomic E-state index is 0.0293. The van der Waals surface area contributed by atoms with Gasteiger partial charge < -0.3 is 10.6 Å². The SMILES string of the molecule is CC(C)(C)c1ccc(C(=O)Nc2cccc(NC(=O)CC(c3ccccc3)c3ccccc3)c2)cc1. The number of anilines is 2. The lowest BCUT2D eigenvalue weighted by molar-refractivity contribution is -0.116. The number of carbonyl (C=O) groups is 2. The van der Waals surface area contributed by atoms with Crippen molar-refractivity contribution in [3.63, 3.8) is 0 Å². The topological polar surface area (TPSA) is 58.2 Å². The first-order valence-electron chi connectivity index (χ1n) is 12.2. The van der Waals surface area contributed by atoms with Crippen LogP contribution in [-0.2, 0) is 10.2 Å². The summed E-state index contributed by atoms with van der Waals surface area (Å²) in [5, 5.41) is 5.93. The van der Waals surface area contributed by atoms with Crippen LogP contribution in [0.2, 0.25) is 0 Å². The van der Waals surface area contributed by atoms with E-state index in [2.05, 4.69) is 55.7 Å². The van der Waals surface area contributed by atoms with Crippen molar-refractivity contribution in [2.75, 3.05) is 10.6 Å². The molecule has 4 rings (SSSR count). The lowest BCUT2D eigenvalue weighted by atomic mass is 9.87. The zero-order chi connectivity index (χ0) is 25.5. The molecule has 0 aromatic heterocycles. The fourth-order valence-corrected chi connectivity index (χ4v) is 4.20. The molecule has 0 aliphatic carbocycles. The van der Waals surface area contributed by atoms with Crippen LogP contribution >= 0.6 is 0 Å². The number of rotatable bonds is 7. The third-order valence-electron chi connectivity index (χ3n) is 6.21. The van der Waals surface area contributed by atoms with E-state index in [1.807, 2.05) is 78.9 Å². The van der Waals surface area contributed by atoms with Crippen LogP contribution in [0.5, 0.6) is 0 Å². The second kappa shape index (κ2) is 11.0. The third kappa shape index (κ3) is 6.48. The van der Waals surface area contributed by atoms with Crippen LogP contribution in [-0.4, -0.2) is 11.8 Å². The highest BCUT2D eigenvalue weighted by Crippen LogP contribution is 2.29. The number of hydrogen-bond acceptors (Lipinski definition) is 2. The minimum atomic E-state index is -0.188. The van der Waals surface area contributed by atoms with E-state index in [-0.39, 0.29) is 23.1 Å². The van der Waals surface area contributed by atoms with Crippen molar-refractivity contribution in [2.45, 2.75) is 38.5 Å². The Kier molecular flexibility index (Phi) is 7.65. The molecular formula is C32H32N2O2. The summed E-state index contributed by atoms with van der Waals surface area (Å²) in [6.07, 6.45) is 0.310. The zero-order valence-corrected chi connectivity index (χ0v) is 21.0. The molecule has 4 nitrogen and oxygen atoms in total. The molecule has 0 aliphatic heterocycles. The highest BCUT2D eigenvalue weighted by atomic mass is 16.2. The van der Waals surface area contributed by atoms with E-state index in [9.17, 15) is 9.59 Å². The van der Waals surface area contributed by atoms with E-state index in [1.54, 1.807) is 6.07 Å². The number of amides is 2. The molecule has 0 heterocycles. The molecule has 2 N–H and O–H groups in total. The molecule has 0 unspecified atom stereocenters. The summed E-state index contributed by atoms with van der Waals surface area (Å²) < 4.78 is 0. The predicted octanol–water partition coefficient (Wildman–Crippen LogP) is 7.40. The summed E-state index contributed by atoms with van der Waals surface area (Å²) in [7, 11) is 0. The Morgan fingerprint density at radius 1 is 0.667 bits per heavy atom. The molecule has 182 valence electrons. The van der Waals surface area contributed by atoms with E-state index in [0.717, 1.165) is 11.1 Å². The second-order valence-electron chi connectivity index (χ2n) is 9.99. The van der Waals surface area contributed by atoms with Gasteiger partial charge in [-0.3, -0.25) is 9.59 Å². The number of nitrogens with one attached hydrogen (secondary N) is 2. The Balaban J connectivity index is 1.43. The lowest BCUT2D eigenvalue weighted by Gasteiger charge is -2.19. The van der Waals surface area contributed by atoms with Crippen LogP contribution in [0.25, 0.3) is 0 Å². The summed E-state index contributed by atoms with van der Waals surface area (Å²) in [6.45, 7) is 6.43. The van der Waals surface area contributed by atoms with Gasteiger partial charge >= 0.3 is 0 Å². The van der Waals surface area contributed by atoms with Crippen LogP contribution in [0, 0.1) is 0 Å². The highest BCUT2D eigenvalue weighted by molar-refractivity contribution is 6.04. The van der Waals surface area contributed by atoms with Crippen molar-refractivity contribution >= 4 is 23.2 Å². The standard InChI is InChI=1S/C32H32N2O2/c1-32(2,3)26-19-17-25(18-20-26)31(36)34-28-16-10-15-27(21-28)33-30(35)22-29(23-11-6-4-7-12-23)24-13-8-5-9-14-24/h4-21,29H,22H2,1-3H3,(H,33,35)(H,34,36). The first-order chi connectivity index (χ1) is 17.3. The molecule has 4 aromatic rings. The van der Waals surface area contributed by atoms with Crippen LogP contribution in [0.3, 0.4) is 0 Å². The van der Waals surface area contributed by atoms with Crippen LogP contribution in [0.1, 0.15) is 60.2 Å². The maximum absolute atomic E-state index is 13.0. The predicted molar refractivity (Wildman–Crippen MR) is 148 cm³/mol. The third-order valence-corrected chi connectivity index (χ3v) is 6.21. The summed E-state index contributed by atoms with van der Waals surface area (Å²) in [4.78, 5) is 25.8. The van der Waals surface area contributed by atoms with Gasteiger partial charge in [0, 0.05) is 29.3 Å². The van der Waals surface area contributed by atoms with E-state index >= 15 is 0 Å². The van der Waals surface area contributed by atoms with Crippen molar-refractivity contribution in [2.24, 2.45) is 0 Å². The molecule has 4 heteroatoms. The molecule has 0 spiro atoms. The average molecular weight is 477 g/mol. The Bertz CT molecular complexity index is 1270. The van der Waals surface area contributed by atoms with Crippen LogP contribution < -0.4 is 10.6 Å². The molecule has 2 amide bonds. The van der Waals surface area contributed by atoms with Gasteiger partial charge in [0.25, 0.3) is 5.91 Å². The summed E-state index contributed by atoms with van der Waals surface area (Å²) >= 11 is 0. The van der Waals surface area contributed by atoms with E-state index in [0.29, 0.717) is 23.4 Å². The van der Waals surface area contributed by atoms with E-state index in [4.69, 9.17) is 0 Å². The van der Waals surface area contributed by atoms with Gasteiger partial charge in [0.05, 0.1) is 0 Å². The minimum Gasteiger partial charge on any atom is -0.326 e. The van der Waals surface area contributed by atoms with Gasteiger partial charge in [-0.05, 0) is 52.4 Å². The summed E-state index contributed by atoms with van der Waals surface area (Å²) in [5.74, 6) is -0.326. The lowest BCUT2D eigenvalue weighted by Crippen LogP contribution is -2.17. The maximum Gasteiger partial charge on any atom is 0.255 e. The summed E-state index contributed by atoms with van der Waals surface area (Å²) in [6, 6.07) is 35.0. The van der Waals surface area contributed by atoms with Crippen molar-refractivity contribution in [3.05, 3.63) is 131 Å². The number of benzene rings is 4. The second-order valence-corrected chi connectivity index (χ2v) is 9.99. The first-order valence-corrected chi connectivity index (χ1v) is 12.2. The van der Waals surface area contributed by atoms with Gasteiger partial charge in [0.2, 0.25) is 5.91 Å². The largest absolute Gasteiger partial charge is 0.326 e. The molecule has 0 aliphatic rings. The smallest absolute Gasteiger partial charge is 0.255 e. The molecule has 36 heavy (non-hydrogen) atoms.